The zero-order chi connectivity index (χ0) is 22.2. The van der Waals surface area contributed by atoms with Crippen molar-refractivity contribution in [3.63, 3.8) is 0 Å². The maximum atomic E-state index is 12.8. The van der Waals surface area contributed by atoms with Gasteiger partial charge in [-0.25, -0.2) is 0 Å². The first-order valence-electron chi connectivity index (χ1n) is 10.6. The van der Waals surface area contributed by atoms with Crippen LogP contribution in [0.5, 0.6) is 0 Å². The lowest BCUT2D eigenvalue weighted by atomic mass is 9.47. The van der Waals surface area contributed by atoms with E-state index in [2.05, 4.69) is 55.7 Å². The Labute approximate surface area is 192 Å². The van der Waals surface area contributed by atoms with Crippen molar-refractivity contribution in [2.24, 2.45) is 28.6 Å². The molecule has 4 rings (SSSR count). The molecule has 160 valence electrons. The number of halogens is 1. The molecular formula is C25H29IO4. The maximum Gasteiger partial charge on any atom is 0.303 e. The molecule has 2 saturated carbocycles. The first-order chi connectivity index (χ1) is 13.9. The maximum absolute atomic E-state index is 12.8. The summed E-state index contributed by atoms with van der Waals surface area (Å²) in [6.45, 7) is 15.6. The van der Waals surface area contributed by atoms with E-state index in [1.807, 2.05) is 0 Å². The summed E-state index contributed by atoms with van der Waals surface area (Å²) in [6.07, 6.45) is 7.12. The zero-order valence-corrected chi connectivity index (χ0v) is 20.3. The van der Waals surface area contributed by atoms with Crippen molar-refractivity contribution in [1.82, 2.24) is 0 Å². The Morgan fingerprint density at radius 3 is 2.37 bits per heavy atom. The quantitative estimate of drug-likeness (QED) is 0.283. The fourth-order valence-electron chi connectivity index (χ4n) is 7.16. The third-order valence-electron chi connectivity index (χ3n) is 8.80. The minimum atomic E-state index is -1.05. The van der Waals surface area contributed by atoms with Crippen LogP contribution in [0.4, 0.5) is 0 Å². The zero-order valence-electron chi connectivity index (χ0n) is 18.1. The molecular weight excluding hydrogens is 491 g/mol. The van der Waals surface area contributed by atoms with E-state index in [4.69, 9.17) is 4.74 Å². The van der Waals surface area contributed by atoms with Gasteiger partial charge in [-0.15, -0.1) is 0 Å². The molecule has 0 saturated heterocycles. The van der Waals surface area contributed by atoms with E-state index in [0.29, 0.717) is 12.0 Å². The molecule has 0 amide bonds. The van der Waals surface area contributed by atoms with Crippen molar-refractivity contribution in [1.29, 1.82) is 0 Å². The van der Waals surface area contributed by atoms with Gasteiger partial charge >= 0.3 is 5.97 Å². The molecule has 2 fully saturated rings. The minimum Gasteiger partial charge on any atom is -0.451 e. The Bertz CT molecular complexity index is 972. The third kappa shape index (κ3) is 2.53. The highest BCUT2D eigenvalue weighted by Crippen LogP contribution is 2.69. The molecule has 0 aromatic rings. The second kappa shape index (κ2) is 6.75. The fourth-order valence-corrected chi connectivity index (χ4v) is 8.29. The minimum absolute atomic E-state index is 0.0523. The predicted molar refractivity (Wildman–Crippen MR) is 124 cm³/mol. The van der Waals surface area contributed by atoms with Crippen LogP contribution in [0.15, 0.2) is 45.6 Å². The normalized spacial score (nSPS) is 42.6. The molecule has 30 heavy (non-hydrogen) atoms. The van der Waals surface area contributed by atoms with Crippen LogP contribution in [0.1, 0.15) is 53.4 Å². The molecule has 0 heterocycles. The molecule has 0 aromatic heterocycles. The average molecular weight is 520 g/mol. The number of hydrogen-bond acceptors (Lipinski definition) is 4. The molecule has 5 heteroatoms. The molecule has 0 spiro atoms. The Morgan fingerprint density at radius 2 is 1.77 bits per heavy atom. The number of ether oxygens (including phenoxy) is 1. The molecule has 4 nitrogen and oxygen atoms in total. The molecule has 0 bridgehead atoms. The molecule has 0 aromatic carbocycles. The van der Waals surface area contributed by atoms with Crippen molar-refractivity contribution in [3.05, 3.63) is 45.6 Å². The molecule has 0 radical (unpaired) electrons. The van der Waals surface area contributed by atoms with Gasteiger partial charge in [-0.1, -0.05) is 33.1 Å². The smallest absolute Gasteiger partial charge is 0.303 e. The highest BCUT2D eigenvalue weighted by molar-refractivity contribution is 14.1. The number of ketones is 2. The number of carbonyl (C=O) groups is 3. The summed E-state index contributed by atoms with van der Waals surface area (Å²) in [7, 11) is 0. The molecule has 0 aliphatic heterocycles. The summed E-state index contributed by atoms with van der Waals surface area (Å²) in [6, 6.07) is 0. The highest BCUT2D eigenvalue weighted by atomic mass is 127. The summed E-state index contributed by atoms with van der Waals surface area (Å²) in [5, 5.41) is 0. The Kier molecular flexibility index (Phi) is 4.89. The first-order valence-corrected chi connectivity index (χ1v) is 11.7. The van der Waals surface area contributed by atoms with Crippen molar-refractivity contribution < 1.29 is 19.1 Å². The first kappa shape index (κ1) is 21.7. The van der Waals surface area contributed by atoms with E-state index < -0.39 is 17.0 Å². The lowest BCUT2D eigenvalue weighted by Gasteiger charge is -2.58. The van der Waals surface area contributed by atoms with Crippen LogP contribution < -0.4 is 0 Å². The van der Waals surface area contributed by atoms with Crippen molar-refractivity contribution in [2.45, 2.75) is 59.0 Å². The molecule has 6 atom stereocenters. The van der Waals surface area contributed by atoms with Crippen LogP contribution in [0.3, 0.4) is 0 Å². The number of carbonyl (C=O) groups excluding carboxylic acids is 3. The lowest BCUT2D eigenvalue weighted by molar-refractivity contribution is -0.184. The standard InChI is InChI=1S/C25H29IO4/c1-13-14(2)24(6)19-7-9-23(5)18(8-10-25(23,15(3)27)30-16(4)28)17(19)11-21(26)20(24)12-22(13)29/h11-12,17-19H,1-2,7-10H2,3-6H3/t17-,18-,19-,23-,24+,25-/m0/s1. The van der Waals surface area contributed by atoms with Gasteiger partial charge in [0.1, 0.15) is 0 Å². The molecule has 0 unspecified atom stereocenters. The van der Waals surface area contributed by atoms with Gasteiger partial charge in [0.15, 0.2) is 17.2 Å². The number of hydrogen-bond donors (Lipinski definition) is 0. The van der Waals surface area contributed by atoms with Crippen LogP contribution in [0.25, 0.3) is 0 Å². The van der Waals surface area contributed by atoms with Crippen LogP contribution in [-0.2, 0) is 19.1 Å². The Morgan fingerprint density at radius 1 is 1.13 bits per heavy atom. The number of rotatable bonds is 2. The number of allylic oxidation sites excluding steroid dienone is 6. The number of Topliss-reactive ketones (excluding diaryl/α,β-unsaturated/α-hetero) is 1. The van der Waals surface area contributed by atoms with Crippen LogP contribution in [0.2, 0.25) is 0 Å². The van der Waals surface area contributed by atoms with Gasteiger partial charge in [-0.3, -0.25) is 14.4 Å². The largest absolute Gasteiger partial charge is 0.451 e. The summed E-state index contributed by atoms with van der Waals surface area (Å²) in [5.74, 6) is 0.228. The van der Waals surface area contributed by atoms with Crippen molar-refractivity contribution >= 4 is 40.1 Å². The van der Waals surface area contributed by atoms with E-state index in [1.54, 1.807) is 13.0 Å². The Hall–Kier alpha value is -1.50. The van der Waals surface area contributed by atoms with E-state index >= 15 is 0 Å². The second-order valence-electron chi connectivity index (χ2n) is 9.86. The van der Waals surface area contributed by atoms with E-state index in [1.165, 1.54) is 6.92 Å². The topological polar surface area (TPSA) is 60.4 Å². The third-order valence-corrected chi connectivity index (χ3v) is 9.74. The molecule has 0 N–H and O–H groups in total. The van der Waals surface area contributed by atoms with Gasteiger partial charge in [0, 0.05) is 26.9 Å². The van der Waals surface area contributed by atoms with Gasteiger partial charge in [-0.2, -0.15) is 0 Å². The highest BCUT2D eigenvalue weighted by Gasteiger charge is 2.68. The van der Waals surface area contributed by atoms with Crippen LogP contribution in [-0.4, -0.2) is 23.1 Å². The number of fused-ring (bicyclic) bond motifs is 5. The second-order valence-corrected chi connectivity index (χ2v) is 11.0. The predicted octanol–water partition coefficient (Wildman–Crippen LogP) is 5.28. The van der Waals surface area contributed by atoms with Crippen LogP contribution in [0, 0.1) is 28.6 Å². The summed E-state index contributed by atoms with van der Waals surface area (Å²) < 4.78 is 6.90. The molecule has 4 aliphatic rings. The summed E-state index contributed by atoms with van der Waals surface area (Å²) in [4.78, 5) is 37.3. The van der Waals surface area contributed by atoms with E-state index in [0.717, 1.165) is 34.0 Å². The number of esters is 1. The summed E-state index contributed by atoms with van der Waals surface area (Å²) in [5.41, 5.74) is 0.579. The lowest BCUT2D eigenvalue weighted by Crippen LogP contribution is -2.58. The van der Waals surface area contributed by atoms with Gasteiger partial charge in [0.2, 0.25) is 0 Å². The van der Waals surface area contributed by atoms with Gasteiger partial charge in [0.05, 0.1) is 0 Å². The van der Waals surface area contributed by atoms with E-state index in [-0.39, 0.29) is 34.7 Å². The SMILES string of the molecule is C=C1C(=C)[C@@]2(C)C(=CC1=O)C(I)=C[C@@H]1[C@@H]2CC[C@@]2(C)[C@H]1CC[C@]2(OC(C)=O)C(C)=O. The monoisotopic (exact) mass is 520 g/mol. The summed E-state index contributed by atoms with van der Waals surface area (Å²) >= 11 is 2.34. The molecule has 4 aliphatic carbocycles. The van der Waals surface area contributed by atoms with Gasteiger partial charge < -0.3 is 4.74 Å². The van der Waals surface area contributed by atoms with Gasteiger partial charge in [0.25, 0.3) is 0 Å². The van der Waals surface area contributed by atoms with Crippen LogP contribution >= 0.6 is 22.6 Å². The average Bonchev–Trinajstić information content (AvgIpc) is 2.96. The van der Waals surface area contributed by atoms with Gasteiger partial charge in [-0.05, 0) is 90.2 Å². The Balaban J connectivity index is 1.84. The van der Waals surface area contributed by atoms with E-state index in [9.17, 15) is 14.4 Å². The van der Waals surface area contributed by atoms with Crippen molar-refractivity contribution in [2.75, 3.05) is 0 Å². The van der Waals surface area contributed by atoms with Crippen molar-refractivity contribution in [3.8, 4) is 0 Å². The fraction of sp³-hybridized carbons (Fsp3) is 0.560.